The average molecular weight is 330 g/mol. The predicted molar refractivity (Wildman–Crippen MR) is 94.4 cm³/mol. The standard InChI is InChI=1S/C20H14N2O3/c21-19(23)13-9-11-14(12-10-13)20(24)22-15-5-1-3-7-17(15)25-18-8-4-2-6-16(18)22/h1-12H,(H2,21,23). The number of primary amides is 1. The molecule has 2 N–H and O–H groups in total. The summed E-state index contributed by atoms with van der Waals surface area (Å²) in [5.41, 5.74) is 7.42. The largest absolute Gasteiger partial charge is 0.453 e. The molecular formula is C20H14N2O3. The smallest absolute Gasteiger partial charge is 0.263 e. The van der Waals surface area contributed by atoms with Crippen LogP contribution in [0.15, 0.2) is 72.8 Å². The van der Waals surface area contributed by atoms with Gasteiger partial charge in [-0.25, -0.2) is 0 Å². The number of ether oxygens (including phenoxy) is 1. The maximum Gasteiger partial charge on any atom is 0.263 e. The van der Waals surface area contributed by atoms with Gasteiger partial charge in [0, 0.05) is 11.1 Å². The second-order valence-corrected chi connectivity index (χ2v) is 5.62. The van der Waals surface area contributed by atoms with Crippen LogP contribution in [0.5, 0.6) is 11.5 Å². The Labute approximate surface area is 144 Å². The van der Waals surface area contributed by atoms with E-state index in [1.54, 1.807) is 29.2 Å². The van der Waals surface area contributed by atoms with Gasteiger partial charge in [0.25, 0.3) is 5.91 Å². The van der Waals surface area contributed by atoms with Crippen LogP contribution >= 0.6 is 0 Å². The average Bonchev–Trinajstić information content (AvgIpc) is 2.65. The summed E-state index contributed by atoms with van der Waals surface area (Å²) in [5, 5.41) is 0. The third-order valence-corrected chi connectivity index (χ3v) is 4.05. The van der Waals surface area contributed by atoms with Gasteiger partial charge in [-0.15, -0.1) is 0 Å². The normalized spacial score (nSPS) is 11.9. The Morgan fingerprint density at radius 2 is 1.20 bits per heavy atom. The number of nitrogens with two attached hydrogens (primary N) is 1. The molecule has 25 heavy (non-hydrogen) atoms. The van der Waals surface area contributed by atoms with Crippen molar-refractivity contribution in [2.75, 3.05) is 4.90 Å². The lowest BCUT2D eigenvalue weighted by Gasteiger charge is -2.31. The summed E-state index contributed by atoms with van der Waals surface area (Å²) in [6.45, 7) is 0. The topological polar surface area (TPSA) is 72.6 Å². The fourth-order valence-electron chi connectivity index (χ4n) is 2.83. The number of carbonyl (C=O) groups excluding carboxylic acids is 2. The van der Waals surface area contributed by atoms with Crippen molar-refractivity contribution >= 4 is 23.2 Å². The van der Waals surface area contributed by atoms with Crippen molar-refractivity contribution in [3.63, 3.8) is 0 Å². The van der Waals surface area contributed by atoms with Crippen molar-refractivity contribution < 1.29 is 14.3 Å². The van der Waals surface area contributed by atoms with Gasteiger partial charge < -0.3 is 10.5 Å². The van der Waals surface area contributed by atoms with Crippen LogP contribution in [0.1, 0.15) is 20.7 Å². The molecule has 0 bridgehead atoms. The van der Waals surface area contributed by atoms with E-state index >= 15 is 0 Å². The Balaban J connectivity index is 1.81. The molecule has 0 saturated carbocycles. The maximum absolute atomic E-state index is 13.2. The van der Waals surface area contributed by atoms with E-state index in [0.717, 1.165) is 0 Å². The third kappa shape index (κ3) is 2.52. The highest BCUT2D eigenvalue weighted by Crippen LogP contribution is 2.46. The van der Waals surface area contributed by atoms with E-state index in [2.05, 4.69) is 0 Å². The Morgan fingerprint density at radius 1 is 0.720 bits per heavy atom. The van der Waals surface area contributed by atoms with E-state index < -0.39 is 5.91 Å². The lowest BCUT2D eigenvalue weighted by molar-refractivity contribution is 0.0987. The van der Waals surface area contributed by atoms with Crippen LogP contribution in [0.25, 0.3) is 0 Å². The summed E-state index contributed by atoms with van der Waals surface area (Å²) in [5.74, 6) is 0.492. The highest BCUT2D eigenvalue weighted by atomic mass is 16.5. The first kappa shape index (κ1) is 15.0. The Morgan fingerprint density at radius 3 is 1.72 bits per heavy atom. The first-order valence-electron chi connectivity index (χ1n) is 7.75. The molecule has 0 aromatic heterocycles. The molecule has 5 nitrogen and oxygen atoms in total. The zero-order chi connectivity index (χ0) is 17.4. The zero-order valence-electron chi connectivity index (χ0n) is 13.2. The molecule has 5 heteroatoms. The van der Waals surface area contributed by atoms with Crippen LogP contribution in [-0.4, -0.2) is 11.8 Å². The summed E-state index contributed by atoms with van der Waals surface area (Å²) >= 11 is 0. The fourth-order valence-corrected chi connectivity index (χ4v) is 2.83. The van der Waals surface area contributed by atoms with Gasteiger partial charge in [0.15, 0.2) is 11.5 Å². The number of anilines is 2. The maximum atomic E-state index is 13.2. The number of rotatable bonds is 2. The van der Waals surface area contributed by atoms with Crippen LogP contribution in [0, 0.1) is 0 Å². The van der Waals surface area contributed by atoms with Gasteiger partial charge in [0.05, 0.1) is 11.4 Å². The van der Waals surface area contributed by atoms with Gasteiger partial charge in [-0.1, -0.05) is 24.3 Å². The number of fused-ring (bicyclic) bond motifs is 2. The van der Waals surface area contributed by atoms with E-state index in [9.17, 15) is 9.59 Å². The molecule has 0 unspecified atom stereocenters. The quantitative estimate of drug-likeness (QED) is 0.775. The molecule has 4 rings (SSSR count). The van der Waals surface area contributed by atoms with Gasteiger partial charge in [-0.05, 0) is 48.5 Å². The summed E-state index contributed by atoms with van der Waals surface area (Å²) in [7, 11) is 0. The number of hydrogen-bond donors (Lipinski definition) is 1. The van der Waals surface area contributed by atoms with E-state index in [1.165, 1.54) is 0 Å². The van der Waals surface area contributed by atoms with E-state index in [0.29, 0.717) is 34.0 Å². The molecule has 3 aromatic carbocycles. The summed E-state index contributed by atoms with van der Waals surface area (Å²) in [4.78, 5) is 26.0. The minimum Gasteiger partial charge on any atom is -0.453 e. The third-order valence-electron chi connectivity index (χ3n) is 4.05. The van der Waals surface area contributed by atoms with Gasteiger partial charge in [0.1, 0.15) is 0 Å². The molecular weight excluding hydrogens is 316 g/mol. The molecule has 0 radical (unpaired) electrons. The number of carbonyl (C=O) groups is 2. The molecule has 0 spiro atoms. The summed E-state index contributed by atoms with van der Waals surface area (Å²) in [6, 6.07) is 21.0. The van der Waals surface area contributed by atoms with Crippen molar-refractivity contribution in [1.29, 1.82) is 0 Å². The fraction of sp³-hybridized carbons (Fsp3) is 0. The minimum atomic E-state index is -0.527. The van der Waals surface area contributed by atoms with Crippen LogP contribution < -0.4 is 15.4 Å². The molecule has 2 amide bonds. The number of nitrogens with zero attached hydrogens (tertiary/aromatic N) is 1. The Bertz CT molecular complexity index is 935. The van der Waals surface area contributed by atoms with Crippen LogP contribution in [0.4, 0.5) is 11.4 Å². The van der Waals surface area contributed by atoms with Gasteiger partial charge in [-0.3, -0.25) is 14.5 Å². The van der Waals surface area contributed by atoms with Crippen molar-refractivity contribution in [3.8, 4) is 11.5 Å². The molecule has 1 aliphatic heterocycles. The first-order chi connectivity index (χ1) is 12.1. The van der Waals surface area contributed by atoms with Gasteiger partial charge in [-0.2, -0.15) is 0 Å². The predicted octanol–water partition coefficient (Wildman–Crippen LogP) is 3.87. The summed E-state index contributed by atoms with van der Waals surface area (Å²) in [6.07, 6.45) is 0. The van der Waals surface area contributed by atoms with Crippen molar-refractivity contribution in [2.45, 2.75) is 0 Å². The molecule has 0 fully saturated rings. The number of amides is 2. The lowest BCUT2D eigenvalue weighted by atomic mass is 10.1. The second kappa shape index (κ2) is 5.79. The highest BCUT2D eigenvalue weighted by molar-refractivity contribution is 6.13. The molecule has 3 aromatic rings. The summed E-state index contributed by atoms with van der Waals surface area (Å²) < 4.78 is 5.89. The lowest BCUT2D eigenvalue weighted by Crippen LogP contribution is -2.28. The van der Waals surface area contributed by atoms with Crippen LogP contribution in [0.3, 0.4) is 0 Å². The number of para-hydroxylation sites is 4. The highest BCUT2D eigenvalue weighted by Gasteiger charge is 2.29. The van der Waals surface area contributed by atoms with E-state index in [-0.39, 0.29) is 5.91 Å². The second-order valence-electron chi connectivity index (χ2n) is 5.62. The monoisotopic (exact) mass is 330 g/mol. The Kier molecular flexibility index (Phi) is 3.47. The van der Waals surface area contributed by atoms with Crippen LogP contribution in [0.2, 0.25) is 0 Å². The van der Waals surface area contributed by atoms with E-state index in [4.69, 9.17) is 10.5 Å². The van der Waals surface area contributed by atoms with Crippen molar-refractivity contribution in [1.82, 2.24) is 0 Å². The Hall–Kier alpha value is -3.60. The molecule has 0 saturated heterocycles. The molecule has 1 heterocycles. The number of benzene rings is 3. The van der Waals surface area contributed by atoms with Crippen LogP contribution in [-0.2, 0) is 0 Å². The molecule has 0 atom stereocenters. The first-order valence-corrected chi connectivity index (χ1v) is 7.75. The van der Waals surface area contributed by atoms with Crippen molar-refractivity contribution in [3.05, 3.63) is 83.9 Å². The van der Waals surface area contributed by atoms with Gasteiger partial charge in [0.2, 0.25) is 5.91 Å². The van der Waals surface area contributed by atoms with E-state index in [1.807, 2.05) is 48.5 Å². The molecule has 0 aliphatic carbocycles. The SMILES string of the molecule is NC(=O)c1ccc(C(=O)N2c3ccccc3Oc3ccccc32)cc1. The minimum absolute atomic E-state index is 0.209. The van der Waals surface area contributed by atoms with Crippen molar-refractivity contribution in [2.24, 2.45) is 5.73 Å². The van der Waals surface area contributed by atoms with Gasteiger partial charge >= 0.3 is 0 Å². The number of hydrogen-bond acceptors (Lipinski definition) is 3. The molecule has 122 valence electrons. The zero-order valence-corrected chi connectivity index (χ0v) is 13.2. The molecule has 1 aliphatic rings.